The summed E-state index contributed by atoms with van der Waals surface area (Å²) in [6, 6.07) is -0.559. The van der Waals surface area contributed by atoms with Crippen molar-refractivity contribution in [3.05, 3.63) is 30.8 Å². The molecule has 0 unspecified atom stereocenters. The minimum atomic E-state index is -2.22. The molecule has 112 valence electrons. The van der Waals surface area contributed by atoms with Gasteiger partial charge in [-0.3, -0.25) is 0 Å². The molecule has 1 aromatic heterocycles. The zero-order valence-corrected chi connectivity index (χ0v) is 11.3. The number of fused-ring (bicyclic) bond motifs is 1. The molecule has 0 amide bonds. The number of nitrogens with two attached hydrogens (primary N) is 1. The predicted molar refractivity (Wildman–Crippen MR) is 75.4 cm³/mol. The lowest BCUT2D eigenvalue weighted by Crippen LogP contribution is -2.37. The van der Waals surface area contributed by atoms with Gasteiger partial charge in [-0.2, -0.15) is 4.99 Å². The number of aromatic nitrogens is 2. The van der Waals surface area contributed by atoms with Crippen molar-refractivity contribution in [3.8, 4) is 0 Å². The van der Waals surface area contributed by atoms with E-state index in [1.54, 1.807) is 4.57 Å². The molecule has 1 aliphatic heterocycles. The summed E-state index contributed by atoms with van der Waals surface area (Å²) < 4.78 is 16.1. The number of aliphatic hydroxyl groups is 2. The van der Waals surface area contributed by atoms with Crippen LogP contribution in [0, 0.1) is 0 Å². The van der Waals surface area contributed by atoms with E-state index in [0.29, 0.717) is 17.2 Å². The fourth-order valence-electron chi connectivity index (χ4n) is 2.78. The van der Waals surface area contributed by atoms with Crippen molar-refractivity contribution in [1.29, 1.82) is 0 Å². The van der Waals surface area contributed by atoms with E-state index in [1.807, 2.05) is 0 Å². The van der Waals surface area contributed by atoms with Crippen LogP contribution in [0.2, 0.25) is 0 Å². The molecular weight excluding hydrogens is 277 g/mol. The van der Waals surface area contributed by atoms with E-state index in [2.05, 4.69) is 28.5 Å². The lowest BCUT2D eigenvalue weighted by molar-refractivity contribution is -0.00222. The Balaban J connectivity index is 2.05. The standard InChI is InChI=1S/C13H16FN5O2/c1-6-8(3-9(21)13(6,14)4-20)19-5-16-10-7(2)17-12(15)18-11(10)19/h5,8-9,20-21H,1-4H2,(H3,15,17,18)/t8-,9-,13-/m0/s1. The number of nitrogens with zero attached hydrogens (tertiary/aromatic N) is 3. The number of nitrogens with one attached hydrogen (secondary N) is 1. The van der Waals surface area contributed by atoms with Crippen LogP contribution in [-0.2, 0) is 0 Å². The van der Waals surface area contributed by atoms with Gasteiger partial charge in [0.1, 0.15) is 5.69 Å². The molecule has 3 rings (SSSR count). The predicted octanol–water partition coefficient (Wildman–Crippen LogP) is -0.0343. The van der Waals surface area contributed by atoms with Crippen LogP contribution in [-0.4, -0.2) is 44.1 Å². The average molecular weight is 293 g/mol. The van der Waals surface area contributed by atoms with Crippen LogP contribution in [0.5, 0.6) is 0 Å². The van der Waals surface area contributed by atoms with E-state index in [0.717, 1.165) is 0 Å². The molecule has 0 bridgehead atoms. The van der Waals surface area contributed by atoms with Gasteiger partial charge in [-0.25, -0.2) is 9.37 Å². The van der Waals surface area contributed by atoms with Crippen LogP contribution < -0.4 is 11.1 Å². The monoisotopic (exact) mass is 293 g/mol. The number of rotatable bonds is 2. The highest BCUT2D eigenvalue weighted by Gasteiger charge is 2.51. The Morgan fingerprint density at radius 3 is 2.90 bits per heavy atom. The van der Waals surface area contributed by atoms with Gasteiger partial charge in [0.2, 0.25) is 0 Å². The fourth-order valence-corrected chi connectivity index (χ4v) is 2.78. The molecule has 1 fully saturated rings. The van der Waals surface area contributed by atoms with Crippen LogP contribution in [0.15, 0.2) is 30.1 Å². The third kappa shape index (κ3) is 1.79. The van der Waals surface area contributed by atoms with Gasteiger partial charge in [-0.05, 0) is 5.57 Å². The van der Waals surface area contributed by atoms with Crippen molar-refractivity contribution < 1.29 is 14.6 Å². The first-order valence-electron chi connectivity index (χ1n) is 6.43. The van der Waals surface area contributed by atoms with Crippen molar-refractivity contribution in [1.82, 2.24) is 14.9 Å². The first-order valence-corrected chi connectivity index (χ1v) is 6.43. The zero-order chi connectivity index (χ0) is 15.4. The molecular formula is C13H16FN5O2. The maximum Gasteiger partial charge on any atom is 0.199 e. The summed E-state index contributed by atoms with van der Waals surface area (Å²) in [4.78, 5) is 8.33. The Labute approximate surface area is 120 Å². The second kappa shape index (κ2) is 4.40. The van der Waals surface area contributed by atoms with Crippen molar-refractivity contribution in [3.63, 3.8) is 0 Å². The number of aliphatic hydroxyl groups excluding tert-OH is 2. The number of aliphatic imine (C=N–C) groups is 1. The zero-order valence-electron chi connectivity index (χ0n) is 11.3. The number of guanidine groups is 1. The molecule has 1 aromatic rings. The van der Waals surface area contributed by atoms with E-state index < -0.39 is 24.4 Å². The Morgan fingerprint density at radius 1 is 1.57 bits per heavy atom. The fraction of sp³-hybridized carbons (Fsp3) is 0.385. The third-order valence-corrected chi connectivity index (χ3v) is 4.04. The smallest absolute Gasteiger partial charge is 0.199 e. The van der Waals surface area contributed by atoms with Gasteiger partial charge in [0, 0.05) is 6.42 Å². The molecule has 2 heterocycles. The Bertz CT molecular complexity index is 668. The van der Waals surface area contributed by atoms with Crippen LogP contribution in [0.1, 0.15) is 18.2 Å². The molecule has 1 saturated carbocycles. The highest BCUT2D eigenvalue weighted by molar-refractivity contribution is 5.93. The summed E-state index contributed by atoms with van der Waals surface area (Å²) in [5.41, 5.74) is 4.53. The highest BCUT2D eigenvalue weighted by Crippen LogP contribution is 2.46. The van der Waals surface area contributed by atoms with Crippen LogP contribution >= 0.6 is 0 Å². The number of hydrogen-bond donors (Lipinski definition) is 4. The Kier molecular flexibility index (Phi) is 2.89. The third-order valence-electron chi connectivity index (χ3n) is 4.04. The molecule has 7 nitrogen and oxygen atoms in total. The molecule has 21 heavy (non-hydrogen) atoms. The summed E-state index contributed by atoms with van der Waals surface area (Å²) in [6.45, 7) is 6.66. The molecule has 0 aromatic carbocycles. The van der Waals surface area contributed by atoms with Crippen LogP contribution in [0.25, 0.3) is 5.70 Å². The van der Waals surface area contributed by atoms with Gasteiger partial charge >= 0.3 is 0 Å². The maximum absolute atomic E-state index is 14.5. The van der Waals surface area contributed by atoms with Crippen molar-refractivity contribution in [2.24, 2.45) is 10.7 Å². The highest BCUT2D eigenvalue weighted by atomic mass is 19.1. The van der Waals surface area contributed by atoms with Gasteiger partial charge in [-0.1, -0.05) is 13.2 Å². The van der Waals surface area contributed by atoms with Gasteiger partial charge < -0.3 is 25.8 Å². The van der Waals surface area contributed by atoms with Crippen LogP contribution in [0.4, 0.5) is 10.2 Å². The quantitative estimate of drug-likeness (QED) is 0.572. The summed E-state index contributed by atoms with van der Waals surface area (Å²) in [5.74, 6) is 0.587. The number of alkyl halides is 1. The molecule has 3 atom stereocenters. The molecule has 5 N–H and O–H groups in total. The molecule has 0 spiro atoms. The maximum atomic E-state index is 14.5. The van der Waals surface area contributed by atoms with E-state index in [1.165, 1.54) is 6.33 Å². The molecule has 0 saturated heterocycles. The molecule has 8 heteroatoms. The lowest BCUT2D eigenvalue weighted by atomic mass is 9.99. The van der Waals surface area contributed by atoms with Gasteiger partial charge in [0.05, 0.1) is 30.8 Å². The van der Waals surface area contributed by atoms with E-state index in [9.17, 15) is 14.6 Å². The van der Waals surface area contributed by atoms with Crippen LogP contribution in [0.3, 0.4) is 0 Å². The second-order valence-electron chi connectivity index (χ2n) is 5.24. The minimum Gasteiger partial charge on any atom is -0.393 e. The summed E-state index contributed by atoms with van der Waals surface area (Å²) in [7, 11) is 0. The topological polar surface area (TPSA) is 109 Å². The number of imidazole rings is 1. The van der Waals surface area contributed by atoms with E-state index >= 15 is 0 Å². The largest absolute Gasteiger partial charge is 0.393 e. The van der Waals surface area contributed by atoms with Crippen molar-refractivity contribution in [2.75, 3.05) is 6.61 Å². The first-order chi connectivity index (χ1) is 9.88. The average Bonchev–Trinajstić information content (AvgIpc) is 2.94. The van der Waals surface area contributed by atoms with Gasteiger partial charge in [0.25, 0.3) is 0 Å². The Hall–Kier alpha value is -2.19. The van der Waals surface area contributed by atoms with Gasteiger partial charge in [-0.15, -0.1) is 0 Å². The Morgan fingerprint density at radius 2 is 2.29 bits per heavy atom. The van der Waals surface area contributed by atoms with E-state index in [-0.39, 0.29) is 18.0 Å². The number of halogens is 1. The number of hydrogen-bond acceptors (Lipinski definition) is 6. The molecule has 1 aliphatic carbocycles. The lowest BCUT2D eigenvalue weighted by Gasteiger charge is -2.23. The summed E-state index contributed by atoms with van der Waals surface area (Å²) in [6.07, 6.45) is 0.226. The minimum absolute atomic E-state index is 0.0774. The summed E-state index contributed by atoms with van der Waals surface area (Å²) >= 11 is 0. The van der Waals surface area contributed by atoms with Crippen molar-refractivity contribution in [2.45, 2.75) is 24.2 Å². The summed E-state index contributed by atoms with van der Waals surface area (Å²) in [5, 5.41) is 21.8. The normalized spacial score (nSPS) is 31.9. The van der Waals surface area contributed by atoms with Crippen molar-refractivity contribution >= 4 is 17.5 Å². The molecule has 2 aliphatic rings. The second-order valence-corrected chi connectivity index (χ2v) is 5.24. The molecule has 0 radical (unpaired) electrons. The SMILES string of the molecule is C=C1NC(N)=Nc2c1ncn2[C@H]1C[C@H](O)[C@](F)(CO)C1=C. The first kappa shape index (κ1) is 13.8. The van der Waals surface area contributed by atoms with Gasteiger partial charge in [0.15, 0.2) is 17.4 Å². The van der Waals surface area contributed by atoms with E-state index in [4.69, 9.17) is 5.73 Å².